The molecule has 0 amide bonds. The van der Waals surface area contributed by atoms with Crippen LogP contribution >= 0.6 is 0 Å². The minimum atomic E-state index is 0.340. The molecule has 2 rings (SSSR count). The minimum absolute atomic E-state index is 0.340. The maximum atomic E-state index is 5.72. The summed E-state index contributed by atoms with van der Waals surface area (Å²) >= 11 is 0. The van der Waals surface area contributed by atoms with Crippen LogP contribution in [0, 0.1) is 0 Å². The van der Waals surface area contributed by atoms with Gasteiger partial charge in [0.1, 0.15) is 0 Å². The van der Waals surface area contributed by atoms with Crippen molar-refractivity contribution in [1.82, 2.24) is 15.2 Å². The number of likely N-dealkylation sites (N-methyl/N-ethyl adjacent to an activating group) is 1. The first-order chi connectivity index (χ1) is 7.88. The molecule has 16 heavy (non-hydrogen) atoms. The Balaban J connectivity index is 1.65. The molecular weight excluding hydrogens is 202 g/mol. The van der Waals surface area contributed by atoms with Crippen LogP contribution in [-0.2, 0) is 11.3 Å². The summed E-state index contributed by atoms with van der Waals surface area (Å²) in [6.45, 7) is 8.16. The molecule has 1 unspecified atom stereocenters. The monoisotopic (exact) mass is 223 g/mol. The highest BCUT2D eigenvalue weighted by atomic mass is 16.5. The van der Waals surface area contributed by atoms with E-state index in [1.54, 1.807) is 0 Å². The van der Waals surface area contributed by atoms with Crippen LogP contribution in [0.3, 0.4) is 0 Å². The molecule has 0 aliphatic carbocycles. The van der Waals surface area contributed by atoms with E-state index in [1.807, 2.05) is 12.4 Å². The first kappa shape index (κ1) is 11.6. The van der Waals surface area contributed by atoms with Gasteiger partial charge in [0.15, 0.2) is 0 Å². The largest absolute Gasteiger partial charge is 0.374 e. The zero-order chi connectivity index (χ0) is 11.2. The molecule has 0 saturated carbocycles. The van der Waals surface area contributed by atoms with Crippen LogP contribution in [0.4, 0.5) is 0 Å². The van der Waals surface area contributed by atoms with E-state index in [1.165, 1.54) is 5.56 Å². The summed E-state index contributed by atoms with van der Waals surface area (Å²) < 4.78 is 5.72. The number of hydrogen-bond acceptors (Lipinski definition) is 3. The van der Waals surface area contributed by atoms with Crippen molar-refractivity contribution in [3.8, 4) is 0 Å². The van der Waals surface area contributed by atoms with E-state index in [9.17, 15) is 0 Å². The fourth-order valence-corrected chi connectivity index (χ4v) is 2.04. The summed E-state index contributed by atoms with van der Waals surface area (Å²) in [5, 5.41) is 3.43. The van der Waals surface area contributed by atoms with Crippen molar-refractivity contribution in [3.63, 3.8) is 0 Å². The first-order valence-corrected chi connectivity index (χ1v) is 6.05. The fourth-order valence-electron chi connectivity index (χ4n) is 2.04. The molecule has 2 N–H and O–H groups in total. The Morgan fingerprint density at radius 2 is 2.56 bits per heavy atom. The number of rotatable bonds is 5. The van der Waals surface area contributed by atoms with Gasteiger partial charge in [-0.15, -0.1) is 0 Å². The van der Waals surface area contributed by atoms with Crippen LogP contribution in [-0.4, -0.2) is 48.8 Å². The van der Waals surface area contributed by atoms with Gasteiger partial charge >= 0.3 is 0 Å². The lowest BCUT2D eigenvalue weighted by molar-refractivity contribution is -0.0253. The van der Waals surface area contributed by atoms with Crippen LogP contribution in [0.25, 0.3) is 0 Å². The topological polar surface area (TPSA) is 40.3 Å². The lowest BCUT2D eigenvalue weighted by Crippen LogP contribution is -2.46. The number of aromatic amines is 1. The highest BCUT2D eigenvalue weighted by Crippen LogP contribution is 2.04. The van der Waals surface area contributed by atoms with E-state index in [0.29, 0.717) is 6.10 Å². The lowest BCUT2D eigenvalue weighted by Gasteiger charge is -2.32. The van der Waals surface area contributed by atoms with Gasteiger partial charge in [0.05, 0.1) is 12.7 Å². The molecule has 1 aromatic heterocycles. The van der Waals surface area contributed by atoms with Gasteiger partial charge in [-0.05, 0) is 18.2 Å². The van der Waals surface area contributed by atoms with E-state index in [-0.39, 0.29) is 0 Å². The molecule has 4 heteroatoms. The zero-order valence-electron chi connectivity index (χ0n) is 9.91. The zero-order valence-corrected chi connectivity index (χ0v) is 9.91. The van der Waals surface area contributed by atoms with Crippen molar-refractivity contribution in [3.05, 3.63) is 24.0 Å². The third kappa shape index (κ3) is 3.33. The average molecular weight is 223 g/mol. The Morgan fingerprint density at radius 1 is 1.62 bits per heavy atom. The van der Waals surface area contributed by atoms with Crippen LogP contribution < -0.4 is 5.32 Å². The lowest BCUT2D eigenvalue weighted by atomic mass is 10.2. The summed E-state index contributed by atoms with van der Waals surface area (Å²) in [5.41, 5.74) is 1.29. The number of ether oxygens (including phenoxy) is 1. The highest BCUT2D eigenvalue weighted by Gasteiger charge is 2.18. The van der Waals surface area contributed by atoms with Crippen molar-refractivity contribution in [2.24, 2.45) is 0 Å². The molecule has 0 spiro atoms. The molecular formula is C12H21N3O. The van der Waals surface area contributed by atoms with Crippen molar-refractivity contribution in [2.75, 3.05) is 32.8 Å². The Hall–Kier alpha value is -0.840. The Labute approximate surface area is 97.0 Å². The van der Waals surface area contributed by atoms with Crippen molar-refractivity contribution >= 4 is 0 Å². The minimum Gasteiger partial charge on any atom is -0.374 e. The number of hydrogen-bond donors (Lipinski definition) is 2. The van der Waals surface area contributed by atoms with Gasteiger partial charge in [-0.2, -0.15) is 0 Å². The summed E-state index contributed by atoms with van der Waals surface area (Å²) in [5.74, 6) is 0. The van der Waals surface area contributed by atoms with Gasteiger partial charge < -0.3 is 15.0 Å². The van der Waals surface area contributed by atoms with E-state index < -0.39 is 0 Å². The van der Waals surface area contributed by atoms with Gasteiger partial charge in [0.25, 0.3) is 0 Å². The second-order valence-electron chi connectivity index (χ2n) is 4.24. The molecule has 0 bridgehead atoms. The quantitative estimate of drug-likeness (QED) is 0.776. The smallest absolute Gasteiger partial charge is 0.0826 e. The van der Waals surface area contributed by atoms with Crippen LogP contribution in [0.1, 0.15) is 12.5 Å². The van der Waals surface area contributed by atoms with Crippen LogP contribution in [0.5, 0.6) is 0 Å². The van der Waals surface area contributed by atoms with Crippen molar-refractivity contribution in [1.29, 1.82) is 0 Å². The van der Waals surface area contributed by atoms with Gasteiger partial charge in [-0.3, -0.25) is 4.90 Å². The van der Waals surface area contributed by atoms with Gasteiger partial charge in [0, 0.05) is 38.6 Å². The maximum Gasteiger partial charge on any atom is 0.0826 e. The third-order valence-electron chi connectivity index (χ3n) is 3.03. The number of aromatic nitrogens is 1. The highest BCUT2D eigenvalue weighted by molar-refractivity contribution is 5.07. The Bertz CT molecular complexity index is 286. The second-order valence-corrected chi connectivity index (χ2v) is 4.24. The van der Waals surface area contributed by atoms with E-state index in [4.69, 9.17) is 4.74 Å². The molecule has 1 fully saturated rings. The summed E-state index contributed by atoms with van der Waals surface area (Å²) in [6.07, 6.45) is 4.31. The molecule has 1 saturated heterocycles. The normalized spacial score (nSPS) is 22.4. The predicted octanol–water partition coefficient (Wildman–Crippen LogP) is 0.825. The van der Waals surface area contributed by atoms with Gasteiger partial charge in [0.2, 0.25) is 0 Å². The summed E-state index contributed by atoms with van der Waals surface area (Å²) in [7, 11) is 0. The number of H-pyrrole nitrogens is 1. The SMILES string of the molecule is CCN1CCOC(CNCc2cc[nH]c2)C1. The van der Waals surface area contributed by atoms with Crippen molar-refractivity contribution in [2.45, 2.75) is 19.6 Å². The van der Waals surface area contributed by atoms with Crippen LogP contribution in [0.2, 0.25) is 0 Å². The average Bonchev–Trinajstić information content (AvgIpc) is 2.82. The third-order valence-corrected chi connectivity index (χ3v) is 3.03. The first-order valence-electron chi connectivity index (χ1n) is 6.05. The van der Waals surface area contributed by atoms with E-state index in [0.717, 1.165) is 39.3 Å². The fraction of sp³-hybridized carbons (Fsp3) is 0.667. The van der Waals surface area contributed by atoms with Crippen LogP contribution in [0.15, 0.2) is 18.5 Å². The number of nitrogens with one attached hydrogen (secondary N) is 2. The van der Waals surface area contributed by atoms with Crippen molar-refractivity contribution < 1.29 is 4.74 Å². The molecule has 4 nitrogen and oxygen atoms in total. The van der Waals surface area contributed by atoms with E-state index in [2.05, 4.69) is 28.2 Å². The predicted molar refractivity (Wildman–Crippen MR) is 64.4 cm³/mol. The molecule has 1 aliphatic rings. The molecule has 2 heterocycles. The molecule has 1 aliphatic heterocycles. The maximum absolute atomic E-state index is 5.72. The van der Waals surface area contributed by atoms with E-state index >= 15 is 0 Å². The Morgan fingerprint density at radius 3 is 3.31 bits per heavy atom. The molecule has 0 radical (unpaired) electrons. The van der Waals surface area contributed by atoms with Gasteiger partial charge in [-0.25, -0.2) is 0 Å². The molecule has 1 aromatic rings. The number of morpholine rings is 1. The standard InChI is InChI=1S/C12H21N3O/c1-2-15-5-6-16-12(10-15)9-14-8-11-3-4-13-7-11/h3-4,7,12-14H,2,5-6,8-10H2,1H3. The number of nitrogens with zero attached hydrogens (tertiary/aromatic N) is 1. The molecule has 1 atom stereocenters. The second kappa shape index (κ2) is 6.03. The molecule has 90 valence electrons. The molecule has 0 aromatic carbocycles. The summed E-state index contributed by atoms with van der Waals surface area (Å²) in [4.78, 5) is 5.49. The summed E-state index contributed by atoms with van der Waals surface area (Å²) in [6, 6.07) is 2.09. The Kier molecular flexibility index (Phi) is 4.39. The van der Waals surface area contributed by atoms with Gasteiger partial charge in [-0.1, -0.05) is 6.92 Å².